The first-order chi connectivity index (χ1) is 8.20. The fraction of sp³-hybridized carbons (Fsp3) is 0.462. The Labute approximate surface area is 99.8 Å². The van der Waals surface area contributed by atoms with E-state index in [9.17, 15) is 9.90 Å². The van der Waals surface area contributed by atoms with Crippen LogP contribution in [0.15, 0.2) is 24.3 Å². The highest BCUT2D eigenvalue weighted by Gasteiger charge is 2.24. The van der Waals surface area contributed by atoms with Crippen molar-refractivity contribution in [3.63, 3.8) is 0 Å². The number of hydrogen-bond donors (Lipinski definition) is 2. The highest BCUT2D eigenvalue weighted by atomic mass is 16.5. The number of rotatable bonds is 3. The maximum absolute atomic E-state index is 10.8. The third kappa shape index (κ3) is 2.65. The summed E-state index contributed by atoms with van der Waals surface area (Å²) in [5.74, 6) is -1.23. The molecule has 0 aromatic heterocycles. The van der Waals surface area contributed by atoms with Crippen LogP contribution in [0.1, 0.15) is 42.6 Å². The highest BCUT2D eigenvalue weighted by Crippen LogP contribution is 2.32. The van der Waals surface area contributed by atoms with Crippen molar-refractivity contribution in [1.82, 2.24) is 0 Å². The average Bonchev–Trinajstić information content (AvgIpc) is 2.39. The molecule has 2 atom stereocenters. The first-order valence-corrected chi connectivity index (χ1v) is 5.81. The molecule has 0 radical (unpaired) electrons. The lowest BCUT2D eigenvalue weighted by atomic mass is 9.94. The molecule has 2 unspecified atom stereocenters. The van der Waals surface area contributed by atoms with E-state index in [1.807, 2.05) is 12.1 Å². The fourth-order valence-electron chi connectivity index (χ4n) is 2.17. The summed E-state index contributed by atoms with van der Waals surface area (Å²) in [5.41, 5.74) is 1.23. The Morgan fingerprint density at radius 3 is 2.76 bits per heavy atom. The minimum absolute atomic E-state index is 0.0889. The predicted molar refractivity (Wildman–Crippen MR) is 61.6 cm³/mol. The van der Waals surface area contributed by atoms with E-state index in [0.29, 0.717) is 12.2 Å². The number of benzene rings is 1. The molecule has 0 saturated carbocycles. The maximum Gasteiger partial charge on any atom is 0.337 e. The van der Waals surface area contributed by atoms with Crippen LogP contribution >= 0.6 is 0 Å². The van der Waals surface area contributed by atoms with Crippen molar-refractivity contribution in [2.45, 2.75) is 31.5 Å². The molecule has 1 aliphatic heterocycles. The van der Waals surface area contributed by atoms with Crippen molar-refractivity contribution in [3.05, 3.63) is 35.4 Å². The largest absolute Gasteiger partial charge is 0.479 e. The quantitative estimate of drug-likeness (QED) is 0.842. The van der Waals surface area contributed by atoms with Gasteiger partial charge in [0.15, 0.2) is 6.10 Å². The lowest BCUT2D eigenvalue weighted by Gasteiger charge is -2.25. The van der Waals surface area contributed by atoms with Crippen LogP contribution in [0.25, 0.3) is 0 Å². The second-order valence-corrected chi connectivity index (χ2v) is 4.22. The van der Waals surface area contributed by atoms with Gasteiger partial charge in [-0.05, 0) is 30.4 Å². The third-order valence-electron chi connectivity index (χ3n) is 3.05. The SMILES string of the molecule is O=C(O)C(O)c1ccccc1C1CCCCO1. The van der Waals surface area contributed by atoms with Gasteiger partial charge in [-0.25, -0.2) is 4.79 Å². The Kier molecular flexibility index (Phi) is 3.76. The zero-order valence-corrected chi connectivity index (χ0v) is 9.50. The normalized spacial score (nSPS) is 22.1. The molecule has 2 N–H and O–H groups in total. The number of hydrogen-bond acceptors (Lipinski definition) is 3. The van der Waals surface area contributed by atoms with Gasteiger partial charge in [-0.15, -0.1) is 0 Å². The van der Waals surface area contributed by atoms with Gasteiger partial charge in [0, 0.05) is 6.61 Å². The number of aliphatic carboxylic acids is 1. The number of carbonyl (C=O) groups is 1. The molecule has 1 aromatic carbocycles. The Morgan fingerprint density at radius 1 is 1.35 bits per heavy atom. The minimum atomic E-state index is -1.48. The molecule has 4 nitrogen and oxygen atoms in total. The first-order valence-electron chi connectivity index (χ1n) is 5.81. The number of aliphatic hydroxyl groups is 1. The Hall–Kier alpha value is -1.39. The van der Waals surface area contributed by atoms with E-state index in [4.69, 9.17) is 9.84 Å². The van der Waals surface area contributed by atoms with E-state index >= 15 is 0 Å². The Balaban J connectivity index is 2.29. The van der Waals surface area contributed by atoms with Crippen LogP contribution in [0.2, 0.25) is 0 Å². The first kappa shape index (κ1) is 12.1. The molecular formula is C13H16O4. The molecule has 2 rings (SSSR count). The molecule has 1 saturated heterocycles. The van der Waals surface area contributed by atoms with Crippen LogP contribution < -0.4 is 0 Å². The summed E-state index contributed by atoms with van der Waals surface area (Å²) in [5, 5.41) is 18.5. The van der Waals surface area contributed by atoms with E-state index in [2.05, 4.69) is 0 Å². The molecule has 1 aliphatic rings. The number of ether oxygens (including phenoxy) is 1. The van der Waals surface area contributed by atoms with Gasteiger partial charge >= 0.3 is 5.97 Å². The van der Waals surface area contributed by atoms with Crippen LogP contribution in [0.4, 0.5) is 0 Å². The topological polar surface area (TPSA) is 66.8 Å². The van der Waals surface area contributed by atoms with Crippen LogP contribution in [0, 0.1) is 0 Å². The van der Waals surface area contributed by atoms with Crippen molar-refractivity contribution >= 4 is 5.97 Å². The fourth-order valence-corrected chi connectivity index (χ4v) is 2.17. The van der Waals surface area contributed by atoms with Crippen LogP contribution in [-0.4, -0.2) is 22.8 Å². The lowest BCUT2D eigenvalue weighted by Crippen LogP contribution is -2.17. The van der Waals surface area contributed by atoms with Crippen molar-refractivity contribution in [2.75, 3.05) is 6.61 Å². The molecular weight excluding hydrogens is 220 g/mol. The molecule has 92 valence electrons. The van der Waals surface area contributed by atoms with Crippen LogP contribution in [0.5, 0.6) is 0 Å². The highest BCUT2D eigenvalue weighted by molar-refractivity contribution is 5.74. The molecule has 4 heteroatoms. The van der Waals surface area contributed by atoms with Crippen molar-refractivity contribution in [3.8, 4) is 0 Å². The summed E-state index contributed by atoms with van der Waals surface area (Å²) in [6, 6.07) is 7.04. The van der Waals surface area contributed by atoms with Gasteiger partial charge in [-0.2, -0.15) is 0 Å². The summed E-state index contributed by atoms with van der Waals surface area (Å²) in [6.45, 7) is 0.697. The monoisotopic (exact) mass is 236 g/mol. The third-order valence-corrected chi connectivity index (χ3v) is 3.05. The number of carboxylic acids is 1. The molecule has 0 bridgehead atoms. The summed E-state index contributed by atoms with van der Waals surface area (Å²) >= 11 is 0. The molecule has 1 aromatic rings. The molecule has 0 amide bonds. The van der Waals surface area contributed by atoms with Crippen LogP contribution in [0.3, 0.4) is 0 Å². The summed E-state index contributed by atoms with van der Waals surface area (Å²) < 4.78 is 5.63. The zero-order chi connectivity index (χ0) is 12.3. The Morgan fingerprint density at radius 2 is 2.12 bits per heavy atom. The number of aliphatic hydroxyl groups excluding tert-OH is 1. The molecule has 17 heavy (non-hydrogen) atoms. The second kappa shape index (κ2) is 5.29. The van der Waals surface area contributed by atoms with Gasteiger partial charge in [-0.1, -0.05) is 24.3 Å². The van der Waals surface area contributed by atoms with E-state index in [1.165, 1.54) is 0 Å². The summed E-state index contributed by atoms with van der Waals surface area (Å²) in [7, 11) is 0. The summed E-state index contributed by atoms with van der Waals surface area (Å²) in [6.07, 6.45) is 1.43. The van der Waals surface area contributed by atoms with Gasteiger partial charge < -0.3 is 14.9 Å². The molecule has 0 aliphatic carbocycles. The van der Waals surface area contributed by atoms with E-state index in [1.54, 1.807) is 12.1 Å². The standard InChI is InChI=1S/C13H16O4/c14-12(13(15)16)10-6-2-1-5-9(10)11-7-3-4-8-17-11/h1-2,5-6,11-12,14H,3-4,7-8H2,(H,15,16). The smallest absolute Gasteiger partial charge is 0.337 e. The Bertz CT molecular complexity index is 396. The van der Waals surface area contributed by atoms with Crippen molar-refractivity contribution in [1.29, 1.82) is 0 Å². The van der Waals surface area contributed by atoms with E-state index < -0.39 is 12.1 Å². The number of carboxylic acid groups (broad SMARTS) is 1. The van der Waals surface area contributed by atoms with Gasteiger partial charge in [0.1, 0.15) is 0 Å². The summed E-state index contributed by atoms with van der Waals surface area (Å²) in [4.78, 5) is 10.8. The van der Waals surface area contributed by atoms with E-state index in [0.717, 1.165) is 24.8 Å². The van der Waals surface area contributed by atoms with Gasteiger partial charge in [0.25, 0.3) is 0 Å². The predicted octanol–water partition coefficient (Wildman–Crippen LogP) is 2.05. The molecule has 1 fully saturated rings. The minimum Gasteiger partial charge on any atom is -0.479 e. The zero-order valence-electron chi connectivity index (χ0n) is 9.50. The van der Waals surface area contributed by atoms with Gasteiger partial charge in [0.2, 0.25) is 0 Å². The van der Waals surface area contributed by atoms with E-state index in [-0.39, 0.29) is 6.10 Å². The van der Waals surface area contributed by atoms with Crippen LogP contribution in [-0.2, 0) is 9.53 Å². The van der Waals surface area contributed by atoms with Gasteiger partial charge in [0.05, 0.1) is 6.10 Å². The molecule has 1 heterocycles. The van der Waals surface area contributed by atoms with Crippen molar-refractivity contribution < 1.29 is 19.7 Å². The van der Waals surface area contributed by atoms with Gasteiger partial charge in [-0.3, -0.25) is 0 Å². The lowest BCUT2D eigenvalue weighted by molar-refractivity contribution is -0.147. The maximum atomic E-state index is 10.8. The average molecular weight is 236 g/mol. The van der Waals surface area contributed by atoms with Crippen molar-refractivity contribution in [2.24, 2.45) is 0 Å². The second-order valence-electron chi connectivity index (χ2n) is 4.22. The molecule has 0 spiro atoms.